The van der Waals surface area contributed by atoms with E-state index in [4.69, 9.17) is 9.47 Å². The van der Waals surface area contributed by atoms with E-state index in [-0.39, 0.29) is 24.0 Å². The number of aliphatic hydroxyl groups is 1. The first-order chi connectivity index (χ1) is 17.2. The third-order valence-corrected chi connectivity index (χ3v) is 5.76. The van der Waals surface area contributed by atoms with E-state index in [0.29, 0.717) is 36.6 Å². The lowest BCUT2D eigenvalue weighted by Gasteiger charge is -2.15. The number of carbonyl (C=O) groups excluding carboxylic acids is 1. The molecule has 0 unspecified atom stereocenters. The van der Waals surface area contributed by atoms with Crippen LogP contribution in [0.15, 0.2) is 66.7 Å². The Hall–Kier alpha value is -3.60. The zero-order valence-corrected chi connectivity index (χ0v) is 20.9. The monoisotopic (exact) mass is 514 g/mol. The van der Waals surface area contributed by atoms with Gasteiger partial charge in [-0.15, -0.1) is 0 Å². The summed E-state index contributed by atoms with van der Waals surface area (Å²) in [6.45, 7) is 3.17. The molecule has 0 bridgehead atoms. The van der Waals surface area contributed by atoms with E-state index in [0.717, 1.165) is 17.4 Å². The highest BCUT2D eigenvalue weighted by Gasteiger charge is 2.13. The van der Waals surface area contributed by atoms with Crippen LogP contribution in [0.25, 0.3) is 11.1 Å². The number of hydrogen-bond acceptors (Lipinski definition) is 8. The number of esters is 1. The molecule has 0 radical (unpaired) electrons. The van der Waals surface area contributed by atoms with E-state index in [1.165, 1.54) is 18.2 Å². The number of hydrogen-bond donors (Lipinski definition) is 4. The van der Waals surface area contributed by atoms with Gasteiger partial charge in [0.2, 0.25) is 10.0 Å². The molecule has 9 nitrogen and oxygen atoms in total. The molecule has 192 valence electrons. The van der Waals surface area contributed by atoms with Gasteiger partial charge in [0.15, 0.2) is 0 Å². The van der Waals surface area contributed by atoms with E-state index in [1.807, 2.05) is 36.4 Å². The number of rotatable bonds is 12. The first-order valence-electron chi connectivity index (χ1n) is 11.4. The Morgan fingerprint density at radius 2 is 1.64 bits per heavy atom. The zero-order chi connectivity index (χ0) is 26.1. The number of aliphatic hydroxyl groups excluding tert-OH is 1. The van der Waals surface area contributed by atoms with Crippen molar-refractivity contribution in [2.24, 2.45) is 0 Å². The van der Waals surface area contributed by atoms with Crippen LogP contribution in [0.1, 0.15) is 28.9 Å². The highest BCUT2D eigenvalue weighted by atomic mass is 32.2. The predicted molar refractivity (Wildman–Crippen MR) is 138 cm³/mol. The lowest BCUT2D eigenvalue weighted by Crippen LogP contribution is -2.26. The minimum absolute atomic E-state index is 0.00997. The summed E-state index contributed by atoms with van der Waals surface area (Å²) in [7, 11) is -3.56. The largest absolute Gasteiger partial charge is 0.506 e. The van der Waals surface area contributed by atoms with Crippen LogP contribution in [0.3, 0.4) is 0 Å². The molecule has 3 aromatic rings. The predicted octanol–water partition coefficient (Wildman–Crippen LogP) is 3.31. The van der Waals surface area contributed by atoms with Crippen molar-refractivity contribution in [3.63, 3.8) is 0 Å². The molecule has 0 saturated heterocycles. The Labute approximate surface area is 210 Å². The van der Waals surface area contributed by atoms with Crippen molar-refractivity contribution in [3.05, 3.63) is 77.9 Å². The molecule has 0 aliphatic rings. The fourth-order valence-electron chi connectivity index (χ4n) is 3.40. The van der Waals surface area contributed by atoms with Crippen LogP contribution >= 0.6 is 0 Å². The summed E-state index contributed by atoms with van der Waals surface area (Å²) in [5, 5.41) is 23.3. The van der Waals surface area contributed by atoms with Gasteiger partial charge in [-0.05, 0) is 60.0 Å². The second kappa shape index (κ2) is 12.4. The van der Waals surface area contributed by atoms with E-state index in [2.05, 4.69) is 10.0 Å². The van der Waals surface area contributed by atoms with E-state index in [9.17, 15) is 23.4 Å². The molecule has 0 aromatic heterocycles. The Balaban J connectivity index is 1.44. The molecule has 3 rings (SSSR count). The van der Waals surface area contributed by atoms with Gasteiger partial charge >= 0.3 is 5.97 Å². The smallest absolute Gasteiger partial charge is 0.338 e. The Morgan fingerprint density at radius 3 is 2.25 bits per heavy atom. The summed E-state index contributed by atoms with van der Waals surface area (Å²) < 4.78 is 35.8. The van der Waals surface area contributed by atoms with Crippen molar-refractivity contribution in [2.45, 2.75) is 13.0 Å². The van der Waals surface area contributed by atoms with Gasteiger partial charge in [-0.3, -0.25) is 4.72 Å². The van der Waals surface area contributed by atoms with Crippen LogP contribution in [0, 0.1) is 0 Å². The van der Waals surface area contributed by atoms with Crippen molar-refractivity contribution < 1.29 is 32.9 Å². The number of aromatic hydroxyl groups is 1. The lowest BCUT2D eigenvalue weighted by molar-refractivity contribution is 0.0526. The van der Waals surface area contributed by atoms with Gasteiger partial charge in [0.1, 0.15) is 18.1 Å². The van der Waals surface area contributed by atoms with E-state index >= 15 is 0 Å². The standard InChI is InChI=1S/C26H30N2O7S/c1-3-34-26(31)20-6-4-18(5-7-20)19-8-11-22(12-9-19)35-15-14-27-17-25(30)21-10-13-24(29)23(16-21)28-36(2,32)33/h4-13,16,25,27-30H,3,14-15,17H2,1-2H3/t25-/m1/s1. The van der Waals surface area contributed by atoms with Crippen molar-refractivity contribution in [3.8, 4) is 22.6 Å². The number of carbonyl (C=O) groups is 1. The number of phenolic OH excluding ortho intramolecular Hbond substituents is 1. The van der Waals surface area contributed by atoms with Gasteiger partial charge in [0.25, 0.3) is 0 Å². The van der Waals surface area contributed by atoms with E-state index in [1.54, 1.807) is 19.1 Å². The first-order valence-corrected chi connectivity index (χ1v) is 13.3. The molecule has 0 saturated carbocycles. The highest BCUT2D eigenvalue weighted by molar-refractivity contribution is 7.92. The van der Waals surface area contributed by atoms with Gasteiger partial charge in [0, 0.05) is 13.1 Å². The van der Waals surface area contributed by atoms with E-state index < -0.39 is 16.1 Å². The molecule has 36 heavy (non-hydrogen) atoms. The van der Waals surface area contributed by atoms with Gasteiger partial charge in [-0.1, -0.05) is 30.3 Å². The topological polar surface area (TPSA) is 134 Å². The van der Waals surface area contributed by atoms with Crippen LogP contribution in [-0.4, -0.2) is 57.2 Å². The lowest BCUT2D eigenvalue weighted by atomic mass is 10.0. The second-order valence-corrected chi connectivity index (χ2v) is 9.79. The maximum Gasteiger partial charge on any atom is 0.338 e. The minimum Gasteiger partial charge on any atom is -0.506 e. The molecule has 10 heteroatoms. The van der Waals surface area contributed by atoms with Crippen LogP contribution in [0.2, 0.25) is 0 Å². The third kappa shape index (κ3) is 7.98. The van der Waals surface area contributed by atoms with Crippen molar-refractivity contribution >= 4 is 21.7 Å². The van der Waals surface area contributed by atoms with Crippen molar-refractivity contribution in [2.75, 3.05) is 37.3 Å². The number of benzene rings is 3. The third-order valence-electron chi connectivity index (χ3n) is 5.17. The molecule has 0 aliphatic carbocycles. The molecule has 1 atom stereocenters. The fraction of sp³-hybridized carbons (Fsp3) is 0.269. The van der Waals surface area contributed by atoms with Crippen LogP contribution in [0.4, 0.5) is 5.69 Å². The minimum atomic E-state index is -3.56. The van der Waals surface area contributed by atoms with Crippen LogP contribution in [-0.2, 0) is 14.8 Å². The summed E-state index contributed by atoms with van der Waals surface area (Å²) >= 11 is 0. The van der Waals surface area contributed by atoms with Crippen LogP contribution < -0.4 is 14.8 Å². The molecule has 0 amide bonds. The number of anilines is 1. The SMILES string of the molecule is CCOC(=O)c1ccc(-c2ccc(OCCNC[C@@H](O)c3ccc(O)c(NS(C)(=O)=O)c3)cc2)cc1. The van der Waals surface area contributed by atoms with Gasteiger partial charge in [-0.25, -0.2) is 13.2 Å². The number of phenols is 1. The summed E-state index contributed by atoms with van der Waals surface area (Å²) in [6.07, 6.45) is 0.0789. The summed E-state index contributed by atoms with van der Waals surface area (Å²) in [4.78, 5) is 11.8. The van der Waals surface area contributed by atoms with Crippen molar-refractivity contribution in [1.29, 1.82) is 0 Å². The van der Waals surface area contributed by atoms with Gasteiger partial charge < -0.3 is 25.0 Å². The Morgan fingerprint density at radius 1 is 1.00 bits per heavy atom. The fourth-order valence-corrected chi connectivity index (χ4v) is 3.96. The Kier molecular flexibility index (Phi) is 9.29. The summed E-state index contributed by atoms with van der Waals surface area (Å²) in [6, 6.07) is 19.0. The second-order valence-electron chi connectivity index (χ2n) is 8.04. The maximum absolute atomic E-state index is 11.8. The summed E-state index contributed by atoms with van der Waals surface area (Å²) in [5.74, 6) is 0.127. The van der Waals surface area contributed by atoms with Crippen LogP contribution in [0.5, 0.6) is 11.5 Å². The number of ether oxygens (including phenoxy) is 2. The first kappa shape index (κ1) is 27.0. The molecule has 0 spiro atoms. The molecule has 0 heterocycles. The normalized spacial score (nSPS) is 12.1. The van der Waals surface area contributed by atoms with Gasteiger partial charge in [-0.2, -0.15) is 0 Å². The molecular formula is C26H30N2O7S. The number of nitrogens with one attached hydrogen (secondary N) is 2. The quantitative estimate of drug-likeness (QED) is 0.164. The number of sulfonamides is 1. The van der Waals surface area contributed by atoms with Gasteiger partial charge in [0.05, 0.1) is 30.2 Å². The average molecular weight is 515 g/mol. The zero-order valence-electron chi connectivity index (χ0n) is 20.1. The molecule has 3 aromatic carbocycles. The molecule has 0 aliphatic heterocycles. The summed E-state index contributed by atoms with van der Waals surface area (Å²) in [5.41, 5.74) is 2.93. The average Bonchev–Trinajstić information content (AvgIpc) is 2.85. The Bertz CT molecular complexity index is 1260. The molecular weight excluding hydrogens is 484 g/mol. The molecule has 0 fully saturated rings. The van der Waals surface area contributed by atoms with Crippen molar-refractivity contribution in [1.82, 2.24) is 5.32 Å². The maximum atomic E-state index is 11.8. The highest BCUT2D eigenvalue weighted by Crippen LogP contribution is 2.28. The molecule has 4 N–H and O–H groups in total.